The molecule has 0 bridgehead atoms. The van der Waals surface area contributed by atoms with Crippen LogP contribution in [-0.2, 0) is 20.9 Å². The summed E-state index contributed by atoms with van der Waals surface area (Å²) < 4.78 is 5.12. The molecule has 2 fully saturated rings. The lowest BCUT2D eigenvalue weighted by molar-refractivity contribution is -0.135. The van der Waals surface area contributed by atoms with Crippen LogP contribution in [0.4, 0.5) is 4.79 Å². The number of carbonyl (C=O) groups is 3. The lowest BCUT2D eigenvalue weighted by atomic mass is 9.82. The van der Waals surface area contributed by atoms with E-state index >= 15 is 0 Å². The van der Waals surface area contributed by atoms with Crippen LogP contribution < -0.4 is 5.32 Å². The van der Waals surface area contributed by atoms with Crippen molar-refractivity contribution in [2.75, 3.05) is 26.8 Å². The Kier molecular flexibility index (Phi) is 6.67. The molecule has 1 aliphatic heterocycles. The summed E-state index contributed by atoms with van der Waals surface area (Å²) in [7, 11) is 1.60. The van der Waals surface area contributed by atoms with Crippen molar-refractivity contribution in [2.24, 2.45) is 0 Å². The van der Waals surface area contributed by atoms with E-state index < -0.39 is 5.54 Å². The smallest absolute Gasteiger partial charge is 0.325 e. The quantitative estimate of drug-likeness (QED) is 0.694. The molecule has 7 heteroatoms. The standard InChI is InChI=1S/C21H29N3O4/c1-28-15-14-23(16-17-8-4-2-5-9-17)18(25)10-13-24-19(26)21(22-20(24)27)11-6-3-7-12-21/h2,4-5,8-9H,3,6-7,10-16H2,1H3,(H,22,27). The van der Waals surface area contributed by atoms with Gasteiger partial charge in [0.1, 0.15) is 5.54 Å². The van der Waals surface area contributed by atoms with Gasteiger partial charge in [0.05, 0.1) is 6.61 Å². The van der Waals surface area contributed by atoms with Crippen molar-refractivity contribution < 1.29 is 19.1 Å². The summed E-state index contributed by atoms with van der Waals surface area (Å²) >= 11 is 0. The molecule has 1 aliphatic carbocycles. The van der Waals surface area contributed by atoms with Crippen molar-refractivity contribution in [1.29, 1.82) is 0 Å². The molecule has 0 unspecified atom stereocenters. The largest absolute Gasteiger partial charge is 0.383 e. The molecule has 1 spiro atoms. The van der Waals surface area contributed by atoms with Gasteiger partial charge in [-0.2, -0.15) is 0 Å². The fourth-order valence-corrected chi connectivity index (χ4v) is 4.04. The zero-order valence-electron chi connectivity index (χ0n) is 16.5. The molecule has 0 aromatic heterocycles. The number of imide groups is 1. The van der Waals surface area contributed by atoms with E-state index in [0.29, 0.717) is 32.5 Å². The summed E-state index contributed by atoms with van der Waals surface area (Å²) in [6.07, 6.45) is 4.48. The maximum atomic E-state index is 12.8. The number of benzene rings is 1. The van der Waals surface area contributed by atoms with Gasteiger partial charge < -0.3 is 15.0 Å². The van der Waals surface area contributed by atoms with Gasteiger partial charge >= 0.3 is 6.03 Å². The highest BCUT2D eigenvalue weighted by Crippen LogP contribution is 2.33. The Morgan fingerprint density at radius 1 is 1.18 bits per heavy atom. The molecule has 1 aromatic carbocycles. The van der Waals surface area contributed by atoms with Crippen LogP contribution >= 0.6 is 0 Å². The summed E-state index contributed by atoms with van der Waals surface area (Å²) in [5.41, 5.74) is 0.293. The van der Waals surface area contributed by atoms with Crippen molar-refractivity contribution in [3.8, 4) is 0 Å². The molecule has 0 atom stereocenters. The number of hydrogen-bond acceptors (Lipinski definition) is 4. The number of nitrogens with zero attached hydrogens (tertiary/aromatic N) is 2. The van der Waals surface area contributed by atoms with Crippen LogP contribution in [0.25, 0.3) is 0 Å². The SMILES string of the molecule is COCCN(Cc1ccccc1)C(=O)CCN1C(=O)NC2(CCCCC2)C1=O. The Morgan fingerprint density at radius 2 is 1.89 bits per heavy atom. The number of hydrogen-bond donors (Lipinski definition) is 1. The highest BCUT2D eigenvalue weighted by atomic mass is 16.5. The number of rotatable bonds is 8. The van der Waals surface area contributed by atoms with Gasteiger partial charge in [-0.25, -0.2) is 4.79 Å². The lowest BCUT2D eigenvalue weighted by Gasteiger charge is -2.30. The van der Waals surface area contributed by atoms with Crippen LogP contribution in [0, 0.1) is 0 Å². The molecule has 0 radical (unpaired) electrons. The number of ether oxygens (including phenoxy) is 1. The molecule has 1 heterocycles. The third-order valence-electron chi connectivity index (χ3n) is 5.64. The molecule has 152 valence electrons. The van der Waals surface area contributed by atoms with E-state index in [1.807, 2.05) is 30.3 Å². The Labute approximate surface area is 166 Å². The van der Waals surface area contributed by atoms with E-state index in [9.17, 15) is 14.4 Å². The lowest BCUT2D eigenvalue weighted by Crippen LogP contribution is -2.48. The summed E-state index contributed by atoms with van der Waals surface area (Å²) in [6, 6.07) is 9.38. The zero-order valence-corrected chi connectivity index (χ0v) is 16.5. The molecule has 1 saturated heterocycles. The van der Waals surface area contributed by atoms with Crippen molar-refractivity contribution in [1.82, 2.24) is 15.1 Å². The molecule has 4 amide bonds. The fourth-order valence-electron chi connectivity index (χ4n) is 4.04. The Hall–Kier alpha value is -2.41. The van der Waals surface area contributed by atoms with Gasteiger partial charge in [0, 0.05) is 33.2 Å². The monoisotopic (exact) mass is 387 g/mol. The molecular weight excluding hydrogens is 358 g/mol. The van der Waals surface area contributed by atoms with Gasteiger partial charge in [-0.15, -0.1) is 0 Å². The van der Waals surface area contributed by atoms with Gasteiger partial charge in [-0.1, -0.05) is 49.6 Å². The average molecular weight is 387 g/mol. The van der Waals surface area contributed by atoms with E-state index in [1.165, 1.54) is 4.90 Å². The van der Waals surface area contributed by atoms with Gasteiger partial charge in [-0.05, 0) is 18.4 Å². The second-order valence-electron chi connectivity index (χ2n) is 7.57. The Bertz CT molecular complexity index is 701. The second kappa shape index (κ2) is 9.19. The first-order valence-electron chi connectivity index (χ1n) is 10.0. The Balaban J connectivity index is 1.60. The van der Waals surface area contributed by atoms with Crippen LogP contribution in [0.1, 0.15) is 44.1 Å². The number of carbonyl (C=O) groups excluding carboxylic acids is 3. The van der Waals surface area contributed by atoms with E-state index in [0.717, 1.165) is 24.8 Å². The summed E-state index contributed by atoms with van der Waals surface area (Å²) in [5, 5.41) is 2.89. The topological polar surface area (TPSA) is 79.0 Å². The minimum atomic E-state index is -0.738. The molecular formula is C21H29N3O4. The van der Waals surface area contributed by atoms with Crippen LogP contribution in [-0.4, -0.2) is 60.0 Å². The normalized spacial score (nSPS) is 18.4. The molecule has 3 rings (SSSR count). The molecule has 1 saturated carbocycles. The van der Waals surface area contributed by atoms with E-state index in [4.69, 9.17) is 4.74 Å². The Morgan fingerprint density at radius 3 is 2.57 bits per heavy atom. The minimum absolute atomic E-state index is 0.0916. The van der Waals surface area contributed by atoms with Crippen LogP contribution in [0.3, 0.4) is 0 Å². The first-order chi connectivity index (χ1) is 13.6. The van der Waals surface area contributed by atoms with E-state index in [-0.39, 0.29) is 30.8 Å². The summed E-state index contributed by atoms with van der Waals surface area (Å²) in [6.45, 7) is 1.50. The summed E-state index contributed by atoms with van der Waals surface area (Å²) in [4.78, 5) is 40.9. The highest BCUT2D eigenvalue weighted by Gasteiger charge is 2.51. The summed E-state index contributed by atoms with van der Waals surface area (Å²) in [5.74, 6) is -0.261. The van der Waals surface area contributed by atoms with Crippen LogP contribution in [0.2, 0.25) is 0 Å². The average Bonchev–Trinajstić information content (AvgIpc) is 2.93. The third-order valence-corrected chi connectivity index (χ3v) is 5.64. The van der Waals surface area contributed by atoms with Gasteiger partial charge in [0.15, 0.2) is 0 Å². The molecule has 2 aliphatic rings. The highest BCUT2D eigenvalue weighted by molar-refractivity contribution is 6.07. The number of methoxy groups -OCH3 is 1. The maximum absolute atomic E-state index is 12.8. The second-order valence-corrected chi connectivity index (χ2v) is 7.57. The third kappa shape index (κ3) is 4.52. The van der Waals surface area contributed by atoms with Crippen molar-refractivity contribution in [3.63, 3.8) is 0 Å². The fraction of sp³-hybridized carbons (Fsp3) is 0.571. The minimum Gasteiger partial charge on any atom is -0.383 e. The van der Waals surface area contributed by atoms with Gasteiger partial charge in [0.2, 0.25) is 5.91 Å². The molecule has 7 nitrogen and oxygen atoms in total. The van der Waals surface area contributed by atoms with E-state index in [2.05, 4.69) is 5.32 Å². The molecule has 1 aromatic rings. The number of amides is 4. The van der Waals surface area contributed by atoms with Crippen molar-refractivity contribution in [2.45, 2.75) is 50.6 Å². The predicted molar refractivity (Wildman–Crippen MR) is 104 cm³/mol. The van der Waals surface area contributed by atoms with Crippen LogP contribution in [0.5, 0.6) is 0 Å². The van der Waals surface area contributed by atoms with Crippen LogP contribution in [0.15, 0.2) is 30.3 Å². The zero-order chi connectivity index (χ0) is 20.0. The van der Waals surface area contributed by atoms with Gasteiger partial charge in [-0.3, -0.25) is 14.5 Å². The van der Waals surface area contributed by atoms with E-state index in [1.54, 1.807) is 12.0 Å². The first kappa shape index (κ1) is 20.3. The number of urea groups is 1. The maximum Gasteiger partial charge on any atom is 0.325 e. The number of nitrogens with one attached hydrogen (secondary N) is 1. The molecule has 28 heavy (non-hydrogen) atoms. The van der Waals surface area contributed by atoms with Crippen molar-refractivity contribution >= 4 is 17.8 Å². The van der Waals surface area contributed by atoms with Gasteiger partial charge in [0.25, 0.3) is 5.91 Å². The predicted octanol–water partition coefficient (Wildman–Crippen LogP) is 2.31. The van der Waals surface area contributed by atoms with Crippen molar-refractivity contribution in [3.05, 3.63) is 35.9 Å². The first-order valence-corrected chi connectivity index (χ1v) is 10.0. The molecule has 1 N–H and O–H groups in total.